The number of rotatable bonds is 6. The second-order valence-corrected chi connectivity index (χ2v) is 5.99. The number of fused-ring (bicyclic) bond motifs is 1. The molecule has 1 aromatic carbocycles. The van der Waals surface area contributed by atoms with Crippen LogP contribution in [0.4, 0.5) is 0 Å². The molecule has 1 saturated carbocycles. The minimum atomic E-state index is 0.0241. The maximum atomic E-state index is 11.8. The lowest BCUT2D eigenvalue weighted by Gasteiger charge is -2.05. The number of amides is 1. The van der Waals surface area contributed by atoms with Crippen molar-refractivity contribution in [2.45, 2.75) is 38.9 Å². The fourth-order valence-electron chi connectivity index (χ4n) is 2.56. The Morgan fingerprint density at radius 2 is 2.24 bits per heavy atom. The first kappa shape index (κ1) is 14.4. The minimum absolute atomic E-state index is 0.0241. The summed E-state index contributed by atoms with van der Waals surface area (Å²) in [6, 6.07) is 6.53. The second kappa shape index (κ2) is 6.08. The van der Waals surface area contributed by atoms with Crippen molar-refractivity contribution in [3.05, 3.63) is 35.0 Å². The lowest BCUT2D eigenvalue weighted by atomic mass is 10.2. The van der Waals surface area contributed by atoms with Crippen molar-refractivity contribution in [2.24, 2.45) is 0 Å². The van der Waals surface area contributed by atoms with Crippen LogP contribution in [0.25, 0.3) is 10.9 Å². The van der Waals surface area contributed by atoms with Gasteiger partial charge in [0.2, 0.25) is 5.91 Å². The Bertz CT molecular complexity index is 661. The Morgan fingerprint density at radius 3 is 2.95 bits per heavy atom. The first-order chi connectivity index (χ1) is 10.2. The van der Waals surface area contributed by atoms with Crippen LogP contribution in [0.3, 0.4) is 0 Å². The highest BCUT2D eigenvalue weighted by Gasteiger charge is 2.21. The number of likely N-dealkylation sites (N-methyl/N-ethyl adjacent to an activating group) is 1. The monoisotopic (exact) mass is 305 g/mol. The van der Waals surface area contributed by atoms with Crippen molar-refractivity contribution in [2.75, 3.05) is 6.54 Å². The van der Waals surface area contributed by atoms with E-state index in [4.69, 9.17) is 11.6 Å². The molecule has 1 aromatic heterocycles. The van der Waals surface area contributed by atoms with E-state index in [-0.39, 0.29) is 5.91 Å². The molecule has 0 bridgehead atoms. The predicted molar refractivity (Wildman–Crippen MR) is 85.5 cm³/mol. The van der Waals surface area contributed by atoms with Crippen molar-refractivity contribution in [1.82, 2.24) is 15.2 Å². The fraction of sp³-hybridized carbons (Fsp3) is 0.438. The van der Waals surface area contributed by atoms with E-state index in [1.54, 1.807) is 0 Å². The third-order valence-corrected chi connectivity index (χ3v) is 4.01. The molecule has 1 heterocycles. The molecule has 1 aliphatic carbocycles. The van der Waals surface area contributed by atoms with Gasteiger partial charge in [-0.1, -0.05) is 17.7 Å². The van der Waals surface area contributed by atoms with E-state index in [1.807, 2.05) is 29.7 Å². The second-order valence-electron chi connectivity index (χ2n) is 5.55. The molecule has 0 unspecified atom stereocenters. The molecular formula is C16H20ClN3O. The summed E-state index contributed by atoms with van der Waals surface area (Å²) in [5, 5.41) is 8.22. The van der Waals surface area contributed by atoms with Gasteiger partial charge >= 0.3 is 0 Å². The first-order valence-corrected chi connectivity index (χ1v) is 7.82. The molecule has 1 fully saturated rings. The van der Waals surface area contributed by atoms with Gasteiger partial charge in [-0.3, -0.25) is 4.79 Å². The highest BCUT2D eigenvalue weighted by atomic mass is 35.5. The Balaban J connectivity index is 1.89. The lowest BCUT2D eigenvalue weighted by molar-refractivity contribution is -0.121. The Labute approximate surface area is 129 Å². The molecule has 5 heteroatoms. The molecule has 0 radical (unpaired) electrons. The molecule has 21 heavy (non-hydrogen) atoms. The van der Waals surface area contributed by atoms with Gasteiger partial charge in [0.05, 0.1) is 5.52 Å². The summed E-state index contributed by atoms with van der Waals surface area (Å²) < 4.78 is 1.98. The van der Waals surface area contributed by atoms with Gasteiger partial charge in [0.15, 0.2) is 0 Å². The molecule has 0 spiro atoms. The molecular weight excluding hydrogens is 286 g/mol. The van der Waals surface area contributed by atoms with Gasteiger partial charge in [0.25, 0.3) is 0 Å². The summed E-state index contributed by atoms with van der Waals surface area (Å²) in [5.41, 5.74) is 2.24. The maximum absolute atomic E-state index is 11.8. The van der Waals surface area contributed by atoms with Crippen LogP contribution in [0, 0.1) is 0 Å². The molecule has 0 atom stereocenters. The summed E-state index contributed by atoms with van der Waals surface area (Å²) in [6.07, 6.45) is 4.60. The number of nitrogens with one attached hydrogen (secondary N) is 2. The normalized spacial score (nSPS) is 14.6. The number of nitrogens with zero attached hydrogens (tertiary/aromatic N) is 1. The van der Waals surface area contributed by atoms with Gasteiger partial charge in [-0.05, 0) is 37.5 Å². The molecule has 2 N–H and O–H groups in total. The van der Waals surface area contributed by atoms with Crippen LogP contribution in [0.5, 0.6) is 0 Å². The molecule has 0 saturated heterocycles. The summed E-state index contributed by atoms with van der Waals surface area (Å²) in [6.45, 7) is 3.74. The van der Waals surface area contributed by atoms with Crippen LogP contribution >= 0.6 is 11.6 Å². The van der Waals surface area contributed by atoms with E-state index in [9.17, 15) is 4.79 Å². The molecule has 2 aromatic rings. The average Bonchev–Trinajstić information content (AvgIpc) is 3.22. The number of carbonyl (C=O) groups excluding carboxylic acids is 1. The van der Waals surface area contributed by atoms with E-state index in [0.717, 1.165) is 17.4 Å². The topological polar surface area (TPSA) is 46.1 Å². The summed E-state index contributed by atoms with van der Waals surface area (Å²) >= 11 is 6.11. The van der Waals surface area contributed by atoms with E-state index < -0.39 is 0 Å². The highest BCUT2D eigenvalue weighted by Crippen LogP contribution is 2.26. The van der Waals surface area contributed by atoms with Gasteiger partial charge in [0, 0.05) is 35.7 Å². The van der Waals surface area contributed by atoms with Crippen LogP contribution in [0.1, 0.15) is 25.3 Å². The van der Waals surface area contributed by atoms with Gasteiger partial charge in [0.1, 0.15) is 6.54 Å². The highest BCUT2D eigenvalue weighted by molar-refractivity contribution is 6.31. The van der Waals surface area contributed by atoms with E-state index in [1.165, 1.54) is 18.4 Å². The number of hydrogen-bond acceptors (Lipinski definition) is 2. The van der Waals surface area contributed by atoms with E-state index in [0.29, 0.717) is 24.2 Å². The van der Waals surface area contributed by atoms with Crippen LogP contribution in [-0.2, 0) is 17.9 Å². The zero-order chi connectivity index (χ0) is 14.8. The molecule has 4 nitrogen and oxygen atoms in total. The zero-order valence-electron chi connectivity index (χ0n) is 12.2. The van der Waals surface area contributed by atoms with E-state index in [2.05, 4.69) is 16.8 Å². The van der Waals surface area contributed by atoms with Crippen molar-refractivity contribution in [3.63, 3.8) is 0 Å². The number of carbonyl (C=O) groups is 1. The Morgan fingerprint density at radius 1 is 1.43 bits per heavy atom. The predicted octanol–water partition coefficient (Wildman–Crippen LogP) is 2.68. The van der Waals surface area contributed by atoms with Crippen molar-refractivity contribution >= 4 is 28.4 Å². The molecule has 1 amide bonds. The SMILES string of the molecule is CCNC(=O)Cn1cc(CNC2CC2)c2ccc(Cl)cc21. The van der Waals surface area contributed by atoms with E-state index >= 15 is 0 Å². The molecule has 1 aliphatic rings. The van der Waals surface area contributed by atoms with Gasteiger partial charge in [-0.2, -0.15) is 0 Å². The van der Waals surface area contributed by atoms with Crippen LogP contribution in [0.2, 0.25) is 5.02 Å². The third kappa shape index (κ3) is 3.39. The van der Waals surface area contributed by atoms with Gasteiger partial charge < -0.3 is 15.2 Å². The van der Waals surface area contributed by atoms with Crippen molar-refractivity contribution < 1.29 is 4.79 Å². The largest absolute Gasteiger partial charge is 0.355 e. The summed E-state index contributed by atoms with van der Waals surface area (Å²) in [5.74, 6) is 0.0241. The van der Waals surface area contributed by atoms with Crippen LogP contribution in [-0.4, -0.2) is 23.1 Å². The van der Waals surface area contributed by atoms with Crippen molar-refractivity contribution in [3.8, 4) is 0 Å². The summed E-state index contributed by atoms with van der Waals surface area (Å²) in [7, 11) is 0. The number of aromatic nitrogens is 1. The smallest absolute Gasteiger partial charge is 0.239 e. The number of halogens is 1. The lowest BCUT2D eigenvalue weighted by Crippen LogP contribution is -2.26. The molecule has 3 rings (SSSR count). The Hall–Kier alpha value is -1.52. The van der Waals surface area contributed by atoms with Crippen LogP contribution in [0.15, 0.2) is 24.4 Å². The maximum Gasteiger partial charge on any atom is 0.239 e. The standard InChI is InChI=1S/C16H20ClN3O/c1-2-18-16(21)10-20-9-11(8-19-13-4-5-13)14-6-3-12(17)7-15(14)20/h3,6-7,9,13,19H,2,4-5,8,10H2,1H3,(H,18,21). The fourth-order valence-corrected chi connectivity index (χ4v) is 2.73. The van der Waals surface area contributed by atoms with Gasteiger partial charge in [-0.15, -0.1) is 0 Å². The zero-order valence-corrected chi connectivity index (χ0v) is 12.9. The molecule has 112 valence electrons. The quantitative estimate of drug-likeness (QED) is 0.862. The number of hydrogen-bond donors (Lipinski definition) is 2. The van der Waals surface area contributed by atoms with Crippen molar-refractivity contribution in [1.29, 1.82) is 0 Å². The minimum Gasteiger partial charge on any atom is -0.355 e. The number of benzene rings is 1. The van der Waals surface area contributed by atoms with Crippen LogP contribution < -0.4 is 10.6 Å². The van der Waals surface area contributed by atoms with Gasteiger partial charge in [-0.25, -0.2) is 0 Å². The summed E-state index contributed by atoms with van der Waals surface area (Å²) in [4.78, 5) is 11.8. The third-order valence-electron chi connectivity index (χ3n) is 3.77. The Kier molecular flexibility index (Phi) is 4.17. The first-order valence-electron chi connectivity index (χ1n) is 7.44. The molecule has 0 aliphatic heterocycles. The average molecular weight is 306 g/mol.